The van der Waals surface area contributed by atoms with Crippen LogP contribution in [-0.4, -0.2) is 21.9 Å². The van der Waals surface area contributed by atoms with E-state index in [1.807, 2.05) is 0 Å². The molecule has 3 aromatic rings. The Morgan fingerprint density at radius 1 is 0.967 bits per heavy atom. The molecule has 12 heteroatoms. The van der Waals surface area contributed by atoms with Crippen LogP contribution in [0.15, 0.2) is 42.7 Å². The summed E-state index contributed by atoms with van der Waals surface area (Å²) in [5.41, 5.74) is -0.816. The summed E-state index contributed by atoms with van der Waals surface area (Å²) >= 11 is 17.9. The van der Waals surface area contributed by atoms with Crippen LogP contribution in [0.2, 0.25) is 15.1 Å². The van der Waals surface area contributed by atoms with Crippen molar-refractivity contribution >= 4 is 52.4 Å². The number of nitrogens with one attached hydrogen (secondary N) is 2. The average molecular weight is 474 g/mol. The highest BCUT2D eigenvalue weighted by atomic mass is 35.5. The number of halogens is 5. The minimum absolute atomic E-state index is 0.0103. The number of benzene rings is 2. The van der Waals surface area contributed by atoms with Crippen molar-refractivity contribution in [2.45, 2.75) is 0 Å². The van der Waals surface area contributed by atoms with Gasteiger partial charge in [0.1, 0.15) is 17.2 Å². The fourth-order valence-electron chi connectivity index (χ4n) is 2.22. The van der Waals surface area contributed by atoms with Crippen LogP contribution in [-0.2, 0) is 0 Å². The topological polar surface area (TPSA) is 93.2 Å². The van der Waals surface area contributed by atoms with E-state index in [4.69, 9.17) is 39.5 Å². The van der Waals surface area contributed by atoms with Crippen LogP contribution < -0.4 is 15.4 Å². The zero-order valence-electron chi connectivity index (χ0n) is 14.6. The molecule has 0 aliphatic rings. The smallest absolute Gasteiger partial charge is 0.326 e. The minimum atomic E-state index is -1.26. The van der Waals surface area contributed by atoms with E-state index < -0.39 is 29.1 Å². The van der Waals surface area contributed by atoms with Gasteiger partial charge in [0.15, 0.2) is 5.75 Å². The van der Waals surface area contributed by atoms with Gasteiger partial charge in [-0.05, 0) is 24.3 Å². The number of urea groups is 1. The largest absolute Gasteiger partial charge is 0.421 e. The molecule has 0 fully saturated rings. The molecule has 3 rings (SSSR count). The third-order valence-electron chi connectivity index (χ3n) is 3.46. The summed E-state index contributed by atoms with van der Waals surface area (Å²) in [5.74, 6) is -3.48. The molecule has 0 atom stereocenters. The Labute approximate surface area is 182 Å². The van der Waals surface area contributed by atoms with Crippen LogP contribution in [0.5, 0.6) is 11.8 Å². The number of rotatable bonds is 4. The van der Waals surface area contributed by atoms with Crippen LogP contribution >= 0.6 is 34.8 Å². The van der Waals surface area contributed by atoms with Gasteiger partial charge < -0.3 is 10.1 Å². The molecule has 0 aliphatic carbocycles. The monoisotopic (exact) mass is 472 g/mol. The van der Waals surface area contributed by atoms with E-state index in [0.29, 0.717) is 5.02 Å². The molecule has 0 saturated carbocycles. The molecular formula is C18H9Cl3F2N4O3. The van der Waals surface area contributed by atoms with Crippen molar-refractivity contribution in [3.63, 3.8) is 0 Å². The Morgan fingerprint density at radius 3 is 2.10 bits per heavy atom. The normalized spacial score (nSPS) is 10.4. The van der Waals surface area contributed by atoms with Crippen LogP contribution in [0.4, 0.5) is 19.3 Å². The number of aromatic nitrogens is 2. The Kier molecular flexibility index (Phi) is 6.66. The van der Waals surface area contributed by atoms with Gasteiger partial charge in [0, 0.05) is 5.69 Å². The van der Waals surface area contributed by atoms with E-state index in [0.717, 1.165) is 18.2 Å². The number of imide groups is 1. The summed E-state index contributed by atoms with van der Waals surface area (Å²) in [6.07, 6.45) is 2.61. The van der Waals surface area contributed by atoms with E-state index in [9.17, 15) is 18.4 Å². The lowest BCUT2D eigenvalue weighted by molar-refractivity contribution is 0.0959. The van der Waals surface area contributed by atoms with E-state index in [-0.39, 0.29) is 27.5 Å². The van der Waals surface area contributed by atoms with E-state index in [2.05, 4.69) is 15.3 Å². The molecule has 0 aliphatic heterocycles. The highest BCUT2D eigenvalue weighted by molar-refractivity contribution is 6.37. The molecule has 1 heterocycles. The maximum absolute atomic E-state index is 13.6. The molecule has 2 N–H and O–H groups in total. The van der Waals surface area contributed by atoms with Crippen molar-refractivity contribution in [2.75, 3.05) is 5.32 Å². The fraction of sp³-hybridized carbons (Fsp3) is 0. The summed E-state index contributed by atoms with van der Waals surface area (Å²) in [7, 11) is 0. The Bertz CT molecular complexity index is 1090. The number of hydrogen-bond acceptors (Lipinski definition) is 5. The van der Waals surface area contributed by atoms with E-state index in [1.54, 1.807) is 5.32 Å². The first-order valence-corrected chi connectivity index (χ1v) is 9.08. The maximum Gasteiger partial charge on any atom is 0.326 e. The predicted octanol–water partition coefficient (Wildman–Crippen LogP) is 5.47. The molecule has 1 aromatic heterocycles. The molecule has 0 unspecified atom stereocenters. The zero-order valence-corrected chi connectivity index (χ0v) is 16.8. The van der Waals surface area contributed by atoms with Crippen molar-refractivity contribution in [1.82, 2.24) is 15.3 Å². The van der Waals surface area contributed by atoms with Crippen LogP contribution in [0.25, 0.3) is 0 Å². The van der Waals surface area contributed by atoms with Crippen molar-refractivity contribution < 1.29 is 23.1 Å². The number of nitrogens with zero attached hydrogens (tertiary/aromatic N) is 2. The third kappa shape index (κ3) is 5.12. The highest BCUT2D eigenvalue weighted by Crippen LogP contribution is 2.38. The zero-order chi connectivity index (χ0) is 21.8. The molecule has 30 heavy (non-hydrogen) atoms. The van der Waals surface area contributed by atoms with Gasteiger partial charge in [-0.3, -0.25) is 10.1 Å². The Hall–Kier alpha value is -3.01. The predicted molar refractivity (Wildman–Crippen MR) is 106 cm³/mol. The maximum atomic E-state index is 13.6. The van der Waals surface area contributed by atoms with E-state index in [1.165, 1.54) is 24.5 Å². The van der Waals surface area contributed by atoms with Gasteiger partial charge in [0.05, 0.1) is 27.5 Å². The van der Waals surface area contributed by atoms with Gasteiger partial charge in [0.2, 0.25) is 0 Å². The van der Waals surface area contributed by atoms with Gasteiger partial charge >= 0.3 is 12.0 Å². The number of carbonyl (C=O) groups excluding carboxylic acids is 2. The second-order valence-electron chi connectivity index (χ2n) is 5.56. The lowest BCUT2D eigenvalue weighted by atomic mass is 10.2. The van der Waals surface area contributed by atoms with Crippen LogP contribution in [0.3, 0.4) is 0 Å². The molecule has 2 aromatic carbocycles. The highest BCUT2D eigenvalue weighted by Gasteiger charge is 2.20. The molecule has 0 radical (unpaired) electrons. The van der Waals surface area contributed by atoms with Crippen molar-refractivity contribution in [2.24, 2.45) is 0 Å². The first-order chi connectivity index (χ1) is 14.2. The van der Waals surface area contributed by atoms with Gasteiger partial charge in [0.25, 0.3) is 5.91 Å². The number of hydrogen-bond donors (Lipinski definition) is 2. The van der Waals surface area contributed by atoms with Crippen LogP contribution in [0, 0.1) is 11.6 Å². The molecule has 7 nitrogen and oxygen atoms in total. The van der Waals surface area contributed by atoms with Crippen LogP contribution in [0.1, 0.15) is 10.4 Å². The lowest BCUT2D eigenvalue weighted by Gasteiger charge is -2.12. The summed E-state index contributed by atoms with van der Waals surface area (Å²) in [6.45, 7) is 0. The number of amides is 3. The molecule has 154 valence electrons. The molecular weight excluding hydrogens is 465 g/mol. The first kappa shape index (κ1) is 21.7. The Morgan fingerprint density at radius 2 is 1.53 bits per heavy atom. The van der Waals surface area contributed by atoms with Crippen molar-refractivity contribution in [3.8, 4) is 11.8 Å². The number of carbonyl (C=O) groups is 2. The average Bonchev–Trinajstić information content (AvgIpc) is 2.66. The summed E-state index contributed by atoms with van der Waals surface area (Å²) in [5, 5.41) is 4.36. The number of ether oxygens (including phenoxy) is 1. The Balaban J connectivity index is 1.71. The summed E-state index contributed by atoms with van der Waals surface area (Å²) < 4.78 is 32.7. The minimum Gasteiger partial charge on any atom is -0.421 e. The standard InChI is InChI=1S/C18H9Cl3F2N4O3/c19-8-6-24-18(25-7-8)30-15-10(20)4-9(5-11(15)21)26-17(29)27-16(28)14-12(22)2-1-3-13(14)23/h1-7H,(H2,26,27,28,29). The van der Waals surface area contributed by atoms with Gasteiger partial charge in [-0.15, -0.1) is 0 Å². The number of anilines is 1. The van der Waals surface area contributed by atoms with Gasteiger partial charge in [-0.1, -0.05) is 40.9 Å². The van der Waals surface area contributed by atoms with Crippen molar-refractivity contribution in [1.29, 1.82) is 0 Å². The second-order valence-corrected chi connectivity index (χ2v) is 6.81. The summed E-state index contributed by atoms with van der Waals surface area (Å²) in [6, 6.07) is 4.27. The molecule has 3 amide bonds. The molecule has 0 saturated heterocycles. The molecule has 0 spiro atoms. The fourth-order valence-corrected chi connectivity index (χ4v) is 2.88. The van der Waals surface area contributed by atoms with Gasteiger partial charge in [-0.2, -0.15) is 0 Å². The summed E-state index contributed by atoms with van der Waals surface area (Å²) in [4.78, 5) is 31.6. The molecule has 0 bridgehead atoms. The van der Waals surface area contributed by atoms with E-state index >= 15 is 0 Å². The lowest BCUT2D eigenvalue weighted by Crippen LogP contribution is -2.35. The SMILES string of the molecule is O=C(NC(=O)c1c(F)cccc1F)Nc1cc(Cl)c(Oc2ncc(Cl)cn2)c(Cl)c1. The van der Waals surface area contributed by atoms with Gasteiger partial charge in [-0.25, -0.2) is 23.5 Å². The second kappa shape index (κ2) is 9.21. The third-order valence-corrected chi connectivity index (χ3v) is 4.22. The van der Waals surface area contributed by atoms with Crippen molar-refractivity contribution in [3.05, 3.63) is 75.0 Å². The quantitative estimate of drug-likeness (QED) is 0.524. The first-order valence-electron chi connectivity index (χ1n) is 7.95.